The standard InChI is InChI=1S/C33H39N5O6S/c1-19(2)26-18-45-30(35-26)25-14-20-13-22(43-4)10-11-24(20)29(34-25)44-23-15-27-28(39)36-33(31(40)41)16-21(33)9-7-5-6-8-12-37(3)32(42)38(27)17-23/h7,9-11,13-14,18-19,21,23,27H,5-6,8,12,15-17H2,1-4H3,(H,36,39)(H,40,41)/b9-7+. The van der Waals surface area contributed by atoms with Crippen LogP contribution in [0.15, 0.2) is 41.8 Å². The summed E-state index contributed by atoms with van der Waals surface area (Å²) in [6, 6.07) is 6.42. The Hall–Kier alpha value is -4.19. The minimum absolute atomic E-state index is 0.156. The fourth-order valence-corrected chi connectivity index (χ4v) is 7.09. The number of thiazole rings is 1. The smallest absolute Gasteiger partial charge is 0.330 e. The lowest BCUT2D eigenvalue weighted by Gasteiger charge is -2.29. The SMILES string of the molecule is COc1ccc2c(OC3CC4C(=O)NC5(C(=O)O)CC5/C=C/CCCCN(C)C(=O)N4C3)nc(-c3nc(C(C)C)cs3)cc2c1. The van der Waals surface area contributed by atoms with Gasteiger partial charge in [-0.25, -0.2) is 19.6 Å². The van der Waals surface area contributed by atoms with Crippen molar-refractivity contribution in [1.29, 1.82) is 0 Å². The van der Waals surface area contributed by atoms with Crippen molar-refractivity contribution in [3.8, 4) is 22.3 Å². The number of pyridine rings is 1. The van der Waals surface area contributed by atoms with E-state index in [0.29, 0.717) is 30.3 Å². The molecule has 1 saturated heterocycles. The topological polar surface area (TPSA) is 134 Å². The van der Waals surface area contributed by atoms with Crippen molar-refractivity contribution < 1.29 is 29.0 Å². The van der Waals surface area contributed by atoms with Crippen LogP contribution >= 0.6 is 11.3 Å². The summed E-state index contributed by atoms with van der Waals surface area (Å²) in [5, 5.41) is 17.3. The molecule has 2 fully saturated rings. The molecule has 1 aromatic carbocycles. The molecular weight excluding hydrogens is 594 g/mol. The summed E-state index contributed by atoms with van der Waals surface area (Å²) in [5.74, 6) is -0.495. The molecule has 4 atom stereocenters. The lowest BCUT2D eigenvalue weighted by Crippen LogP contribution is -2.54. The highest BCUT2D eigenvalue weighted by molar-refractivity contribution is 7.13. The Bertz CT molecular complexity index is 1660. The number of aliphatic carboxylic acids is 1. The summed E-state index contributed by atoms with van der Waals surface area (Å²) in [5.41, 5.74) is 0.283. The lowest BCUT2D eigenvalue weighted by atomic mass is 10.1. The highest BCUT2D eigenvalue weighted by Gasteiger charge is 2.61. The van der Waals surface area contributed by atoms with Crippen LogP contribution < -0.4 is 14.8 Å². The van der Waals surface area contributed by atoms with E-state index in [1.54, 1.807) is 19.1 Å². The van der Waals surface area contributed by atoms with E-state index in [4.69, 9.17) is 19.4 Å². The second kappa shape index (κ2) is 12.3. The molecule has 4 heterocycles. The molecule has 1 saturated carbocycles. The van der Waals surface area contributed by atoms with Crippen LogP contribution in [-0.2, 0) is 9.59 Å². The van der Waals surface area contributed by atoms with E-state index in [9.17, 15) is 19.5 Å². The van der Waals surface area contributed by atoms with Gasteiger partial charge in [-0.3, -0.25) is 4.79 Å². The minimum Gasteiger partial charge on any atom is -0.497 e. The molecule has 6 rings (SSSR count). The third kappa shape index (κ3) is 6.07. The molecule has 2 aromatic heterocycles. The van der Waals surface area contributed by atoms with Crippen LogP contribution in [0.5, 0.6) is 11.6 Å². The van der Waals surface area contributed by atoms with E-state index in [1.807, 2.05) is 41.8 Å². The van der Waals surface area contributed by atoms with Crippen molar-refractivity contribution in [2.75, 3.05) is 27.2 Å². The summed E-state index contributed by atoms with van der Waals surface area (Å²) in [6.45, 7) is 4.89. The summed E-state index contributed by atoms with van der Waals surface area (Å²) >= 11 is 1.51. The first-order valence-corrected chi connectivity index (χ1v) is 16.3. The Morgan fingerprint density at radius 1 is 1.20 bits per heavy atom. The number of allylic oxidation sites excluding steroid dienone is 1. The fourth-order valence-electron chi connectivity index (χ4n) is 6.15. The third-order valence-corrected chi connectivity index (χ3v) is 9.86. The molecule has 0 spiro atoms. The van der Waals surface area contributed by atoms with Gasteiger partial charge in [-0.1, -0.05) is 26.0 Å². The zero-order valence-corrected chi connectivity index (χ0v) is 26.8. The highest BCUT2D eigenvalue weighted by atomic mass is 32.1. The van der Waals surface area contributed by atoms with Crippen LogP contribution in [-0.4, -0.2) is 87.7 Å². The number of nitrogens with one attached hydrogen (secondary N) is 1. The number of methoxy groups -OCH3 is 1. The van der Waals surface area contributed by atoms with E-state index < -0.39 is 29.6 Å². The van der Waals surface area contributed by atoms with Gasteiger partial charge < -0.3 is 29.7 Å². The Balaban J connectivity index is 1.33. The van der Waals surface area contributed by atoms with E-state index in [-0.39, 0.29) is 30.8 Å². The van der Waals surface area contributed by atoms with Gasteiger partial charge in [0.2, 0.25) is 11.8 Å². The molecule has 1 aliphatic carbocycles. The molecular formula is C33H39N5O6S. The number of hydrogen-bond donors (Lipinski definition) is 2. The molecule has 3 amide bonds. The third-order valence-electron chi connectivity index (χ3n) is 8.98. The van der Waals surface area contributed by atoms with Crippen molar-refractivity contribution >= 4 is 40.0 Å². The number of hydrogen-bond acceptors (Lipinski definition) is 8. The van der Waals surface area contributed by atoms with E-state index in [1.165, 1.54) is 16.2 Å². The first-order valence-electron chi connectivity index (χ1n) is 15.4. The van der Waals surface area contributed by atoms with Crippen LogP contribution in [0.3, 0.4) is 0 Å². The second-order valence-electron chi connectivity index (χ2n) is 12.5. The van der Waals surface area contributed by atoms with Gasteiger partial charge >= 0.3 is 12.0 Å². The fraction of sp³-hybridized carbons (Fsp3) is 0.485. The number of nitrogens with zero attached hydrogens (tertiary/aromatic N) is 4. The molecule has 3 aliphatic rings. The van der Waals surface area contributed by atoms with Gasteiger partial charge in [0.15, 0.2) is 0 Å². The molecule has 0 bridgehead atoms. The molecule has 4 unspecified atom stereocenters. The van der Waals surface area contributed by atoms with Gasteiger partial charge in [0.25, 0.3) is 0 Å². The van der Waals surface area contributed by atoms with Crippen molar-refractivity contribution in [2.45, 2.75) is 69.6 Å². The van der Waals surface area contributed by atoms with Crippen LogP contribution in [0, 0.1) is 5.92 Å². The van der Waals surface area contributed by atoms with Crippen molar-refractivity contribution in [3.05, 3.63) is 47.5 Å². The van der Waals surface area contributed by atoms with Gasteiger partial charge in [-0.15, -0.1) is 11.3 Å². The lowest BCUT2D eigenvalue weighted by molar-refractivity contribution is -0.144. The number of urea groups is 1. The van der Waals surface area contributed by atoms with Crippen molar-refractivity contribution in [2.24, 2.45) is 5.92 Å². The first-order chi connectivity index (χ1) is 21.6. The molecule has 3 aromatic rings. The summed E-state index contributed by atoms with van der Waals surface area (Å²) in [4.78, 5) is 52.5. The maximum atomic E-state index is 13.7. The average Bonchev–Trinajstić information content (AvgIpc) is 3.33. The minimum atomic E-state index is -1.36. The van der Waals surface area contributed by atoms with Crippen LogP contribution in [0.25, 0.3) is 21.5 Å². The Morgan fingerprint density at radius 3 is 2.76 bits per heavy atom. The normalized spacial score (nSPS) is 26.2. The van der Waals surface area contributed by atoms with Gasteiger partial charge in [-0.05, 0) is 61.3 Å². The molecule has 0 radical (unpaired) electrons. The average molecular weight is 634 g/mol. The van der Waals surface area contributed by atoms with Gasteiger partial charge in [-0.2, -0.15) is 0 Å². The van der Waals surface area contributed by atoms with Gasteiger partial charge in [0.1, 0.15) is 34.1 Å². The van der Waals surface area contributed by atoms with Gasteiger partial charge in [0.05, 0.1) is 19.3 Å². The molecule has 12 heteroatoms. The quantitative estimate of drug-likeness (QED) is 0.360. The monoisotopic (exact) mass is 633 g/mol. The molecule has 238 valence electrons. The maximum Gasteiger partial charge on any atom is 0.330 e. The number of aromatic nitrogens is 2. The van der Waals surface area contributed by atoms with Crippen LogP contribution in [0.1, 0.15) is 57.6 Å². The van der Waals surface area contributed by atoms with E-state index in [2.05, 4.69) is 19.2 Å². The number of carboxylic acids is 1. The Kier molecular flexibility index (Phi) is 8.43. The Labute approximate surface area is 266 Å². The Morgan fingerprint density at radius 2 is 2.02 bits per heavy atom. The maximum absolute atomic E-state index is 13.7. The molecule has 45 heavy (non-hydrogen) atoms. The number of carbonyl (C=O) groups is 3. The molecule has 2 N–H and O–H groups in total. The largest absolute Gasteiger partial charge is 0.497 e. The number of ether oxygens (including phenoxy) is 2. The first kappa shape index (κ1) is 30.8. The second-order valence-corrected chi connectivity index (χ2v) is 13.3. The van der Waals surface area contributed by atoms with Crippen LogP contribution in [0.2, 0.25) is 0 Å². The van der Waals surface area contributed by atoms with Gasteiger partial charge in [0, 0.05) is 36.7 Å². The number of benzene rings is 1. The zero-order chi connectivity index (χ0) is 31.9. The van der Waals surface area contributed by atoms with E-state index >= 15 is 0 Å². The van der Waals surface area contributed by atoms with Crippen LogP contribution in [0.4, 0.5) is 4.79 Å². The number of fused-ring (bicyclic) bond motifs is 3. The van der Waals surface area contributed by atoms with E-state index in [0.717, 1.165) is 40.7 Å². The summed E-state index contributed by atoms with van der Waals surface area (Å²) in [6.07, 6.45) is 6.31. The highest BCUT2D eigenvalue weighted by Crippen LogP contribution is 2.45. The number of carboxylic acid groups (broad SMARTS) is 1. The molecule has 11 nitrogen and oxygen atoms in total. The summed E-state index contributed by atoms with van der Waals surface area (Å²) in [7, 11) is 3.34. The zero-order valence-electron chi connectivity index (χ0n) is 26.0. The molecule has 2 aliphatic heterocycles. The predicted octanol–water partition coefficient (Wildman–Crippen LogP) is 5.06. The van der Waals surface area contributed by atoms with Crippen molar-refractivity contribution in [3.63, 3.8) is 0 Å². The number of rotatable bonds is 6. The number of amides is 3. The van der Waals surface area contributed by atoms with Crippen molar-refractivity contribution in [1.82, 2.24) is 25.1 Å². The summed E-state index contributed by atoms with van der Waals surface area (Å²) < 4.78 is 12.0. The predicted molar refractivity (Wildman–Crippen MR) is 171 cm³/mol. The number of carbonyl (C=O) groups excluding carboxylic acids is 2.